The summed E-state index contributed by atoms with van der Waals surface area (Å²) in [4.78, 5) is 17.9. The second-order valence-corrected chi connectivity index (χ2v) is 9.41. The minimum atomic E-state index is -0.267. The molecule has 2 aliphatic heterocycles. The zero-order chi connectivity index (χ0) is 22.2. The fraction of sp³-hybridized carbons (Fsp3) is 0.640. The average Bonchev–Trinajstić information content (AvgIpc) is 3.46. The molecule has 2 aromatic rings. The van der Waals surface area contributed by atoms with Crippen LogP contribution in [-0.2, 0) is 11.2 Å². The third-order valence-corrected chi connectivity index (χ3v) is 6.98. The number of hydrogen-bond donors (Lipinski definition) is 4. The van der Waals surface area contributed by atoms with Crippen molar-refractivity contribution in [1.82, 2.24) is 25.8 Å². The number of hydrogen-bond acceptors (Lipinski definition) is 4. The van der Waals surface area contributed by atoms with E-state index in [1.165, 1.54) is 44.4 Å². The Bertz CT molecular complexity index is 855. The second-order valence-electron chi connectivity index (χ2n) is 9.41. The van der Waals surface area contributed by atoms with Crippen LogP contribution in [0.25, 0.3) is 10.9 Å². The Hall–Kier alpha value is -1.96. The van der Waals surface area contributed by atoms with Crippen LogP contribution in [0.5, 0.6) is 0 Å². The van der Waals surface area contributed by atoms with Crippen molar-refractivity contribution in [2.24, 2.45) is 5.92 Å². The molecule has 7 heteroatoms. The molecule has 1 aromatic carbocycles. The lowest BCUT2D eigenvalue weighted by Gasteiger charge is -2.32. The molecular formula is C25H38FN5O. The number of piperidine rings is 1. The molecule has 32 heavy (non-hydrogen) atoms. The van der Waals surface area contributed by atoms with Gasteiger partial charge in [0.2, 0.25) is 5.91 Å². The van der Waals surface area contributed by atoms with Gasteiger partial charge in [-0.2, -0.15) is 0 Å². The molecule has 0 bridgehead atoms. The van der Waals surface area contributed by atoms with E-state index in [1.807, 2.05) is 11.1 Å². The minimum absolute atomic E-state index is 0.141. The van der Waals surface area contributed by atoms with Gasteiger partial charge in [-0.3, -0.25) is 4.79 Å². The first kappa shape index (κ1) is 23.2. The summed E-state index contributed by atoms with van der Waals surface area (Å²) in [5.74, 6) is 0.520. The average molecular weight is 444 g/mol. The molecule has 0 saturated carbocycles. The predicted molar refractivity (Wildman–Crippen MR) is 127 cm³/mol. The Morgan fingerprint density at radius 1 is 1.09 bits per heavy atom. The van der Waals surface area contributed by atoms with Crippen LogP contribution >= 0.6 is 0 Å². The molecule has 0 aliphatic carbocycles. The van der Waals surface area contributed by atoms with Gasteiger partial charge in [0.05, 0.1) is 6.42 Å². The van der Waals surface area contributed by atoms with Crippen molar-refractivity contribution in [3.63, 3.8) is 0 Å². The van der Waals surface area contributed by atoms with Gasteiger partial charge in [0.25, 0.3) is 0 Å². The van der Waals surface area contributed by atoms with Crippen LogP contribution in [0, 0.1) is 11.7 Å². The molecule has 4 N–H and O–H groups in total. The summed E-state index contributed by atoms with van der Waals surface area (Å²) in [6, 6.07) is 5.35. The molecule has 4 rings (SSSR count). The molecule has 6 nitrogen and oxygen atoms in total. The number of aromatic amines is 1. The number of amides is 1. The second kappa shape index (κ2) is 11.8. The summed E-state index contributed by atoms with van der Waals surface area (Å²) in [7, 11) is 0. The van der Waals surface area contributed by atoms with Crippen molar-refractivity contribution in [1.29, 1.82) is 0 Å². The van der Waals surface area contributed by atoms with Crippen molar-refractivity contribution < 1.29 is 9.18 Å². The van der Waals surface area contributed by atoms with Crippen molar-refractivity contribution >= 4 is 16.8 Å². The molecule has 0 unspecified atom stereocenters. The number of benzene rings is 1. The molecule has 1 amide bonds. The number of rotatable bonds is 11. The quantitative estimate of drug-likeness (QED) is 0.403. The van der Waals surface area contributed by atoms with Crippen LogP contribution in [0.3, 0.4) is 0 Å². The third kappa shape index (κ3) is 6.53. The number of carbonyl (C=O) groups excluding carboxylic acids is 1. The molecule has 2 aliphatic rings. The van der Waals surface area contributed by atoms with Gasteiger partial charge in [-0.25, -0.2) is 4.39 Å². The maximum atomic E-state index is 13.6. The first-order valence-electron chi connectivity index (χ1n) is 12.4. The number of H-pyrrole nitrogens is 1. The number of carbonyl (C=O) groups is 1. The minimum Gasteiger partial charge on any atom is -0.361 e. The van der Waals surface area contributed by atoms with Crippen LogP contribution in [0.2, 0.25) is 0 Å². The number of likely N-dealkylation sites (tertiary alicyclic amines) is 1. The highest BCUT2D eigenvalue weighted by atomic mass is 19.1. The summed E-state index contributed by atoms with van der Waals surface area (Å²) >= 11 is 0. The van der Waals surface area contributed by atoms with Gasteiger partial charge in [-0.15, -0.1) is 0 Å². The zero-order valence-electron chi connectivity index (χ0n) is 19.1. The first-order chi connectivity index (χ1) is 15.7. The highest BCUT2D eigenvalue weighted by Crippen LogP contribution is 2.22. The Labute approximate surface area is 190 Å². The van der Waals surface area contributed by atoms with E-state index < -0.39 is 0 Å². The number of nitrogens with zero attached hydrogens (tertiary/aromatic N) is 1. The van der Waals surface area contributed by atoms with Gasteiger partial charge >= 0.3 is 0 Å². The maximum absolute atomic E-state index is 13.6. The van der Waals surface area contributed by atoms with Crippen LogP contribution in [-0.4, -0.2) is 67.6 Å². The summed E-state index contributed by atoms with van der Waals surface area (Å²) < 4.78 is 13.6. The molecular weight excluding hydrogens is 405 g/mol. The highest BCUT2D eigenvalue weighted by molar-refractivity contribution is 5.89. The summed E-state index contributed by atoms with van der Waals surface area (Å²) in [5, 5.41) is 11.5. The predicted octanol–water partition coefficient (Wildman–Crippen LogP) is 2.80. The third-order valence-electron chi connectivity index (χ3n) is 6.98. The van der Waals surface area contributed by atoms with Gasteiger partial charge in [0.15, 0.2) is 0 Å². The Balaban J connectivity index is 1.07. The number of nitrogens with one attached hydrogen (secondary N) is 4. The van der Waals surface area contributed by atoms with Gasteiger partial charge in [-0.1, -0.05) is 0 Å². The Morgan fingerprint density at radius 2 is 1.88 bits per heavy atom. The largest absolute Gasteiger partial charge is 0.361 e. The standard InChI is InChI=1S/C25H38FN5O/c26-21-5-6-24-23(15-21)20(17-30-24)14-25(32)31-12-7-19(8-13-31)16-27-9-1-2-10-28-18-22-4-3-11-29-22/h5-6,15,17,19,22,27-30H,1-4,7-14,16,18H2/t22-/m0/s1. The monoisotopic (exact) mass is 443 g/mol. The Kier molecular flexibility index (Phi) is 8.54. The van der Waals surface area contributed by atoms with Crippen LogP contribution in [0.4, 0.5) is 4.39 Å². The van der Waals surface area contributed by atoms with Gasteiger partial charge in [0.1, 0.15) is 5.82 Å². The number of halogens is 1. The highest BCUT2D eigenvalue weighted by Gasteiger charge is 2.23. The summed E-state index contributed by atoms with van der Waals surface area (Å²) in [5.41, 5.74) is 1.75. The molecule has 1 aromatic heterocycles. The van der Waals surface area contributed by atoms with E-state index in [0.29, 0.717) is 18.4 Å². The normalized spacial score (nSPS) is 19.8. The van der Waals surface area contributed by atoms with Gasteiger partial charge in [0, 0.05) is 42.8 Å². The summed E-state index contributed by atoms with van der Waals surface area (Å²) in [6.45, 7) is 7.13. The van der Waals surface area contributed by atoms with E-state index in [9.17, 15) is 9.18 Å². The fourth-order valence-corrected chi connectivity index (χ4v) is 4.97. The fourth-order valence-electron chi connectivity index (χ4n) is 4.97. The topological polar surface area (TPSA) is 72.2 Å². The number of aromatic nitrogens is 1. The lowest BCUT2D eigenvalue weighted by Crippen LogP contribution is -2.41. The van der Waals surface area contributed by atoms with Crippen molar-refractivity contribution in [3.8, 4) is 0 Å². The van der Waals surface area contributed by atoms with Crippen molar-refractivity contribution in [2.45, 2.75) is 51.0 Å². The van der Waals surface area contributed by atoms with Gasteiger partial charge < -0.3 is 25.8 Å². The van der Waals surface area contributed by atoms with E-state index in [-0.39, 0.29) is 11.7 Å². The van der Waals surface area contributed by atoms with E-state index in [1.54, 1.807) is 6.07 Å². The maximum Gasteiger partial charge on any atom is 0.227 e. The van der Waals surface area contributed by atoms with Gasteiger partial charge in [-0.05, 0) is 94.4 Å². The number of fused-ring (bicyclic) bond motifs is 1. The molecule has 1 atom stereocenters. The van der Waals surface area contributed by atoms with Crippen molar-refractivity contribution in [2.75, 3.05) is 45.8 Å². The van der Waals surface area contributed by atoms with E-state index in [4.69, 9.17) is 0 Å². The van der Waals surface area contributed by atoms with Crippen LogP contribution in [0.1, 0.15) is 44.1 Å². The van der Waals surface area contributed by atoms with Crippen LogP contribution < -0.4 is 16.0 Å². The SMILES string of the molecule is O=C(Cc1c[nH]c2ccc(F)cc12)N1CCC(CNCCCCNC[C@@H]2CCCN2)CC1. The molecule has 176 valence electrons. The zero-order valence-corrected chi connectivity index (χ0v) is 19.1. The van der Waals surface area contributed by atoms with Crippen molar-refractivity contribution in [3.05, 3.63) is 35.8 Å². The molecule has 0 spiro atoms. The van der Waals surface area contributed by atoms with Crippen LogP contribution in [0.15, 0.2) is 24.4 Å². The van der Waals surface area contributed by atoms with E-state index in [2.05, 4.69) is 20.9 Å². The van der Waals surface area contributed by atoms with E-state index >= 15 is 0 Å². The first-order valence-corrected chi connectivity index (χ1v) is 12.4. The smallest absolute Gasteiger partial charge is 0.227 e. The lowest BCUT2D eigenvalue weighted by atomic mass is 9.96. The molecule has 2 saturated heterocycles. The molecule has 0 radical (unpaired) electrons. The number of unbranched alkanes of at least 4 members (excludes halogenated alkanes) is 1. The molecule has 3 heterocycles. The van der Waals surface area contributed by atoms with E-state index in [0.717, 1.165) is 68.6 Å². The molecule has 2 fully saturated rings. The summed E-state index contributed by atoms with van der Waals surface area (Å²) in [6.07, 6.45) is 9.31. The Morgan fingerprint density at radius 3 is 2.62 bits per heavy atom. The lowest BCUT2D eigenvalue weighted by molar-refractivity contribution is -0.131.